The zero-order valence-electron chi connectivity index (χ0n) is 18.2. The molecule has 4 aromatic rings. The highest BCUT2D eigenvalue weighted by atomic mass is 16.5. The fourth-order valence-electron chi connectivity index (χ4n) is 3.90. The zero-order chi connectivity index (χ0) is 22.8. The number of hydrogen-bond acceptors (Lipinski definition) is 7. The number of aromatic hydroxyl groups is 1. The Morgan fingerprint density at radius 1 is 1.12 bits per heavy atom. The first-order valence-electron chi connectivity index (χ1n) is 10.8. The molecule has 5 rings (SSSR count). The molecule has 33 heavy (non-hydrogen) atoms. The Balaban J connectivity index is 1.56. The summed E-state index contributed by atoms with van der Waals surface area (Å²) in [6, 6.07) is 14.7. The largest absolute Gasteiger partial charge is 0.508 e. The summed E-state index contributed by atoms with van der Waals surface area (Å²) < 4.78 is 7.47. The molecule has 2 aromatic carbocycles. The number of carbonyl (C=O) groups excluding carboxylic acids is 1. The maximum atomic E-state index is 11.3. The van der Waals surface area contributed by atoms with Crippen LogP contribution in [0.4, 0.5) is 11.6 Å². The summed E-state index contributed by atoms with van der Waals surface area (Å²) in [5.41, 5.74) is 4.65. The molecule has 2 aromatic heterocycles. The van der Waals surface area contributed by atoms with E-state index in [2.05, 4.69) is 15.2 Å². The second-order valence-corrected chi connectivity index (χ2v) is 7.94. The third-order valence-corrected chi connectivity index (χ3v) is 5.49. The van der Waals surface area contributed by atoms with Crippen molar-refractivity contribution in [3.05, 3.63) is 60.4 Å². The minimum Gasteiger partial charge on any atom is -0.508 e. The minimum atomic E-state index is -0.102. The fraction of sp³-hybridized carbons (Fsp3) is 0.250. The van der Waals surface area contributed by atoms with Gasteiger partial charge < -0.3 is 24.6 Å². The first-order valence-corrected chi connectivity index (χ1v) is 10.8. The predicted octanol–water partition coefficient (Wildman–Crippen LogP) is 3.04. The second-order valence-electron chi connectivity index (χ2n) is 7.94. The number of aromatic nitrogens is 4. The van der Waals surface area contributed by atoms with E-state index in [0.717, 1.165) is 22.5 Å². The number of imidazole rings is 1. The van der Waals surface area contributed by atoms with Crippen LogP contribution in [0.15, 0.2) is 54.9 Å². The molecule has 1 aliphatic rings. The first kappa shape index (κ1) is 20.9. The molecule has 9 heteroatoms. The number of hydrogen-bond donors (Lipinski definition) is 2. The zero-order valence-corrected chi connectivity index (χ0v) is 18.2. The van der Waals surface area contributed by atoms with E-state index in [1.165, 1.54) is 6.92 Å². The number of anilines is 2. The molecular weight excluding hydrogens is 420 g/mol. The van der Waals surface area contributed by atoms with Crippen LogP contribution >= 0.6 is 0 Å². The molecule has 0 aliphatic carbocycles. The SMILES string of the molecule is CC(=O)Nc1ccc(Cn2cnc3c(-c4cccc(O)c4)nc(N4CCOCC4)nc32)cc1. The average Bonchev–Trinajstić information content (AvgIpc) is 3.22. The molecule has 168 valence electrons. The second kappa shape index (κ2) is 8.87. The van der Waals surface area contributed by atoms with Crippen molar-refractivity contribution in [1.82, 2.24) is 19.5 Å². The lowest BCUT2D eigenvalue weighted by Gasteiger charge is -2.27. The highest BCUT2D eigenvalue weighted by molar-refractivity contribution is 5.89. The molecular formula is C24H24N6O3. The Bertz CT molecular complexity index is 1300. The Morgan fingerprint density at radius 2 is 1.91 bits per heavy atom. The minimum absolute atomic E-state index is 0.102. The van der Waals surface area contributed by atoms with E-state index < -0.39 is 0 Å². The lowest BCUT2D eigenvalue weighted by atomic mass is 10.1. The monoisotopic (exact) mass is 444 g/mol. The van der Waals surface area contributed by atoms with Gasteiger partial charge in [0, 0.05) is 31.3 Å². The summed E-state index contributed by atoms with van der Waals surface area (Å²) in [6.07, 6.45) is 1.76. The van der Waals surface area contributed by atoms with Gasteiger partial charge in [0.25, 0.3) is 0 Å². The van der Waals surface area contributed by atoms with Crippen molar-refractivity contribution >= 4 is 28.7 Å². The molecule has 1 fully saturated rings. The van der Waals surface area contributed by atoms with E-state index >= 15 is 0 Å². The number of phenolic OH excluding ortho intramolecular Hbond substituents is 1. The van der Waals surface area contributed by atoms with E-state index in [1.54, 1.807) is 24.5 Å². The Labute approximate surface area is 190 Å². The Morgan fingerprint density at radius 3 is 2.64 bits per heavy atom. The van der Waals surface area contributed by atoms with E-state index in [1.807, 2.05) is 34.9 Å². The van der Waals surface area contributed by atoms with E-state index in [9.17, 15) is 9.90 Å². The van der Waals surface area contributed by atoms with Crippen LogP contribution in [0.2, 0.25) is 0 Å². The topological polar surface area (TPSA) is 105 Å². The number of nitrogens with one attached hydrogen (secondary N) is 1. The van der Waals surface area contributed by atoms with Crippen LogP contribution in [0.3, 0.4) is 0 Å². The maximum absolute atomic E-state index is 11.3. The highest BCUT2D eigenvalue weighted by Crippen LogP contribution is 2.30. The third kappa shape index (κ3) is 4.49. The quantitative estimate of drug-likeness (QED) is 0.487. The number of carbonyl (C=O) groups is 1. The van der Waals surface area contributed by atoms with Gasteiger partial charge in [-0.1, -0.05) is 24.3 Å². The van der Waals surface area contributed by atoms with Gasteiger partial charge in [-0.05, 0) is 29.8 Å². The van der Waals surface area contributed by atoms with Crippen molar-refractivity contribution in [2.45, 2.75) is 13.5 Å². The molecule has 2 N–H and O–H groups in total. The summed E-state index contributed by atoms with van der Waals surface area (Å²) in [5, 5.41) is 12.8. The van der Waals surface area contributed by atoms with Crippen LogP contribution in [0.25, 0.3) is 22.4 Å². The summed E-state index contributed by atoms with van der Waals surface area (Å²) in [4.78, 5) is 27.7. The number of ether oxygens (including phenoxy) is 1. The fourth-order valence-corrected chi connectivity index (χ4v) is 3.90. The van der Waals surface area contributed by atoms with Crippen molar-refractivity contribution in [3.8, 4) is 17.0 Å². The highest BCUT2D eigenvalue weighted by Gasteiger charge is 2.20. The summed E-state index contributed by atoms with van der Waals surface area (Å²) in [7, 11) is 0. The summed E-state index contributed by atoms with van der Waals surface area (Å²) >= 11 is 0. The van der Waals surface area contributed by atoms with Gasteiger partial charge in [0.05, 0.1) is 26.1 Å². The van der Waals surface area contributed by atoms with E-state index in [0.29, 0.717) is 50.0 Å². The van der Waals surface area contributed by atoms with Gasteiger partial charge in [-0.15, -0.1) is 0 Å². The first-order chi connectivity index (χ1) is 16.1. The standard InChI is InChI=1S/C24H24N6O3/c1-16(31)26-19-7-5-17(6-8-19)14-30-15-25-22-21(18-3-2-4-20(32)13-18)27-24(28-23(22)30)29-9-11-33-12-10-29/h2-8,13,15,32H,9-12,14H2,1H3,(H,26,31). The molecule has 0 saturated carbocycles. The Kier molecular flexibility index (Phi) is 5.62. The van der Waals surface area contributed by atoms with Gasteiger partial charge in [-0.3, -0.25) is 4.79 Å². The molecule has 0 unspecified atom stereocenters. The molecule has 0 bridgehead atoms. The normalized spacial score (nSPS) is 13.9. The average molecular weight is 444 g/mol. The van der Waals surface area contributed by atoms with Gasteiger partial charge in [-0.2, -0.15) is 4.98 Å². The van der Waals surface area contributed by atoms with Crippen LogP contribution < -0.4 is 10.2 Å². The van der Waals surface area contributed by atoms with Crippen LogP contribution in [-0.2, 0) is 16.1 Å². The van der Waals surface area contributed by atoms with Gasteiger partial charge in [0.15, 0.2) is 5.65 Å². The Hall–Kier alpha value is -3.98. The van der Waals surface area contributed by atoms with Crippen molar-refractivity contribution in [1.29, 1.82) is 0 Å². The number of fused-ring (bicyclic) bond motifs is 1. The van der Waals surface area contributed by atoms with Gasteiger partial charge in [0.2, 0.25) is 11.9 Å². The third-order valence-electron chi connectivity index (χ3n) is 5.49. The maximum Gasteiger partial charge on any atom is 0.228 e. The van der Waals surface area contributed by atoms with Crippen LogP contribution in [0.1, 0.15) is 12.5 Å². The lowest BCUT2D eigenvalue weighted by Crippen LogP contribution is -2.37. The molecule has 0 spiro atoms. The van der Waals surface area contributed by atoms with Gasteiger partial charge >= 0.3 is 0 Å². The number of amides is 1. The van der Waals surface area contributed by atoms with Gasteiger partial charge in [0.1, 0.15) is 17.0 Å². The van der Waals surface area contributed by atoms with Crippen LogP contribution in [0.5, 0.6) is 5.75 Å². The smallest absolute Gasteiger partial charge is 0.228 e. The van der Waals surface area contributed by atoms with Crippen molar-refractivity contribution in [3.63, 3.8) is 0 Å². The number of rotatable bonds is 5. The number of morpholine rings is 1. The molecule has 1 amide bonds. The molecule has 1 aliphatic heterocycles. The molecule has 9 nitrogen and oxygen atoms in total. The summed E-state index contributed by atoms with van der Waals surface area (Å²) in [5.74, 6) is 0.688. The summed E-state index contributed by atoms with van der Waals surface area (Å²) in [6.45, 7) is 4.73. The van der Waals surface area contributed by atoms with E-state index in [4.69, 9.17) is 14.7 Å². The van der Waals surface area contributed by atoms with Crippen molar-refractivity contribution in [2.24, 2.45) is 0 Å². The van der Waals surface area contributed by atoms with Gasteiger partial charge in [-0.25, -0.2) is 9.97 Å². The molecule has 0 radical (unpaired) electrons. The number of nitrogens with zero attached hydrogens (tertiary/aromatic N) is 5. The van der Waals surface area contributed by atoms with Crippen molar-refractivity contribution < 1.29 is 14.6 Å². The predicted molar refractivity (Wildman–Crippen MR) is 125 cm³/mol. The lowest BCUT2D eigenvalue weighted by molar-refractivity contribution is -0.114. The molecule has 3 heterocycles. The molecule has 1 saturated heterocycles. The molecule has 0 atom stereocenters. The number of benzene rings is 2. The van der Waals surface area contributed by atoms with Crippen LogP contribution in [-0.4, -0.2) is 56.8 Å². The number of phenols is 1. The van der Waals surface area contributed by atoms with Crippen molar-refractivity contribution in [2.75, 3.05) is 36.5 Å². The van der Waals surface area contributed by atoms with E-state index in [-0.39, 0.29) is 11.7 Å². The van der Waals surface area contributed by atoms with Crippen LogP contribution in [0, 0.1) is 0 Å².